The minimum atomic E-state index is -2.63. The Kier molecular flexibility index (Phi) is 4.43. The largest absolute Gasteiger partial charge is 0.487 e. The lowest BCUT2D eigenvalue weighted by Crippen LogP contribution is -2.10. The van der Waals surface area contributed by atoms with E-state index >= 15 is 0 Å². The normalized spacial score (nSPS) is 10.9. The molecule has 0 saturated carbocycles. The molecular weight excluding hydrogens is 230 g/mol. The average molecular weight is 244 g/mol. The second kappa shape index (κ2) is 5.61. The molecule has 3 nitrogen and oxygen atoms in total. The molecule has 0 aliphatic carbocycles. The molecule has 5 heteroatoms. The molecule has 0 radical (unpaired) electrons. The average Bonchev–Trinajstić information content (AvgIpc) is 2.25. The molecule has 1 rings (SSSR count). The van der Waals surface area contributed by atoms with Crippen LogP contribution >= 0.6 is 0 Å². The molecule has 0 saturated heterocycles. The van der Waals surface area contributed by atoms with Crippen molar-refractivity contribution in [3.05, 3.63) is 29.3 Å². The van der Waals surface area contributed by atoms with Crippen LogP contribution < -0.4 is 4.74 Å². The fourth-order valence-corrected chi connectivity index (χ4v) is 1.35. The molecule has 0 heterocycles. The van der Waals surface area contributed by atoms with Gasteiger partial charge in [-0.15, -0.1) is 0 Å². The maximum Gasteiger partial charge on any atom is 0.339 e. The summed E-state index contributed by atoms with van der Waals surface area (Å²) in [7, 11) is 0. The summed E-state index contributed by atoms with van der Waals surface area (Å²) >= 11 is 0. The fraction of sp³-hybridized carbons (Fsp3) is 0.417. The Labute approximate surface area is 98.0 Å². The van der Waals surface area contributed by atoms with Gasteiger partial charge in [0, 0.05) is 0 Å². The zero-order chi connectivity index (χ0) is 13.0. The van der Waals surface area contributed by atoms with Gasteiger partial charge in [-0.05, 0) is 23.6 Å². The third-order valence-corrected chi connectivity index (χ3v) is 2.27. The van der Waals surface area contributed by atoms with Crippen LogP contribution in [0.1, 0.15) is 35.7 Å². The van der Waals surface area contributed by atoms with Crippen molar-refractivity contribution in [1.82, 2.24) is 0 Å². The van der Waals surface area contributed by atoms with Crippen molar-refractivity contribution in [2.45, 2.75) is 26.2 Å². The lowest BCUT2D eigenvalue weighted by molar-refractivity contribution is 0.0664. The highest BCUT2D eigenvalue weighted by Gasteiger charge is 2.14. The molecule has 0 fully saturated rings. The van der Waals surface area contributed by atoms with E-state index in [1.807, 2.05) is 13.8 Å². The lowest BCUT2D eigenvalue weighted by Gasteiger charge is -2.12. The number of ether oxygens (including phenoxy) is 1. The topological polar surface area (TPSA) is 46.5 Å². The Morgan fingerprint density at radius 1 is 1.41 bits per heavy atom. The van der Waals surface area contributed by atoms with Gasteiger partial charge in [0.25, 0.3) is 6.43 Å². The first kappa shape index (κ1) is 13.4. The van der Waals surface area contributed by atoms with Gasteiger partial charge in [0.05, 0.1) is 0 Å². The van der Waals surface area contributed by atoms with Crippen LogP contribution in [-0.2, 0) is 0 Å². The fourth-order valence-electron chi connectivity index (χ4n) is 1.35. The van der Waals surface area contributed by atoms with Gasteiger partial charge in [-0.25, -0.2) is 13.6 Å². The van der Waals surface area contributed by atoms with Gasteiger partial charge < -0.3 is 9.84 Å². The van der Waals surface area contributed by atoms with Crippen molar-refractivity contribution in [2.24, 2.45) is 0 Å². The van der Waals surface area contributed by atoms with E-state index in [2.05, 4.69) is 0 Å². The summed E-state index contributed by atoms with van der Waals surface area (Å²) in [5, 5.41) is 8.89. The van der Waals surface area contributed by atoms with Crippen LogP contribution in [0.2, 0.25) is 0 Å². The highest BCUT2D eigenvalue weighted by atomic mass is 19.3. The minimum absolute atomic E-state index is 0.0102. The molecule has 0 bridgehead atoms. The number of hydrogen-bond donors (Lipinski definition) is 1. The van der Waals surface area contributed by atoms with Crippen molar-refractivity contribution < 1.29 is 23.4 Å². The molecule has 0 unspecified atom stereocenters. The molecule has 0 amide bonds. The van der Waals surface area contributed by atoms with Gasteiger partial charge in [0.15, 0.2) is 0 Å². The highest BCUT2D eigenvalue weighted by Crippen LogP contribution is 2.25. The van der Waals surface area contributed by atoms with Gasteiger partial charge in [-0.3, -0.25) is 0 Å². The van der Waals surface area contributed by atoms with Crippen LogP contribution in [-0.4, -0.2) is 24.1 Å². The second-order valence-corrected chi connectivity index (χ2v) is 3.92. The smallest absolute Gasteiger partial charge is 0.339 e. The predicted molar refractivity (Wildman–Crippen MR) is 59.0 cm³/mol. The lowest BCUT2D eigenvalue weighted by atomic mass is 10.0. The first-order valence-corrected chi connectivity index (χ1v) is 5.20. The molecule has 1 aromatic rings. The summed E-state index contributed by atoms with van der Waals surface area (Å²) in [6.45, 7) is 3.04. The molecule has 0 aliphatic rings. The van der Waals surface area contributed by atoms with Gasteiger partial charge in [0.1, 0.15) is 17.9 Å². The summed E-state index contributed by atoms with van der Waals surface area (Å²) in [5.74, 6) is -1.03. The summed E-state index contributed by atoms with van der Waals surface area (Å²) < 4.78 is 28.9. The van der Waals surface area contributed by atoms with Crippen molar-refractivity contribution in [3.63, 3.8) is 0 Å². The van der Waals surface area contributed by atoms with E-state index in [1.165, 1.54) is 12.1 Å². The number of aromatic carboxylic acids is 1. The number of carboxylic acid groups (broad SMARTS) is 1. The summed E-state index contributed by atoms with van der Waals surface area (Å²) in [4.78, 5) is 10.9. The molecule has 94 valence electrons. The second-order valence-electron chi connectivity index (χ2n) is 3.92. The van der Waals surface area contributed by atoms with E-state index < -0.39 is 19.0 Å². The highest BCUT2D eigenvalue weighted by molar-refractivity contribution is 5.91. The molecule has 1 aromatic carbocycles. The zero-order valence-corrected chi connectivity index (χ0v) is 9.61. The van der Waals surface area contributed by atoms with E-state index in [0.29, 0.717) is 0 Å². The number of hydrogen-bond acceptors (Lipinski definition) is 2. The number of alkyl halides is 2. The predicted octanol–water partition coefficient (Wildman–Crippen LogP) is 3.15. The van der Waals surface area contributed by atoms with Gasteiger partial charge >= 0.3 is 5.97 Å². The number of benzene rings is 1. The van der Waals surface area contributed by atoms with Gasteiger partial charge in [-0.2, -0.15) is 0 Å². The Bertz CT molecular complexity index is 403. The standard InChI is InChI=1S/C12H14F2O3/c1-7(2)8-3-4-9(12(15)16)10(5-8)17-6-11(13)14/h3-5,7,11H,6H2,1-2H3,(H,15,16). The third-order valence-electron chi connectivity index (χ3n) is 2.27. The summed E-state index contributed by atoms with van der Waals surface area (Å²) in [6.07, 6.45) is -2.63. The Morgan fingerprint density at radius 2 is 2.06 bits per heavy atom. The molecular formula is C12H14F2O3. The Balaban J connectivity index is 3.02. The van der Waals surface area contributed by atoms with Crippen LogP contribution in [0.4, 0.5) is 8.78 Å². The van der Waals surface area contributed by atoms with Crippen LogP contribution in [0.5, 0.6) is 5.75 Å². The van der Waals surface area contributed by atoms with Gasteiger partial charge in [0.2, 0.25) is 0 Å². The summed E-state index contributed by atoms with van der Waals surface area (Å²) in [6, 6.07) is 4.53. The van der Waals surface area contributed by atoms with E-state index in [1.54, 1.807) is 6.07 Å². The number of halogens is 2. The quantitative estimate of drug-likeness (QED) is 0.865. The number of rotatable bonds is 5. The van der Waals surface area contributed by atoms with Crippen LogP contribution in [0.15, 0.2) is 18.2 Å². The van der Waals surface area contributed by atoms with Gasteiger partial charge in [-0.1, -0.05) is 19.9 Å². The monoisotopic (exact) mass is 244 g/mol. The van der Waals surface area contributed by atoms with E-state index in [-0.39, 0.29) is 17.2 Å². The molecule has 17 heavy (non-hydrogen) atoms. The van der Waals surface area contributed by atoms with E-state index in [9.17, 15) is 13.6 Å². The Morgan fingerprint density at radius 3 is 2.53 bits per heavy atom. The number of carboxylic acids is 1. The summed E-state index contributed by atoms with van der Waals surface area (Å²) in [5.41, 5.74) is 0.745. The first-order valence-electron chi connectivity index (χ1n) is 5.20. The number of carbonyl (C=O) groups is 1. The Hall–Kier alpha value is -1.65. The minimum Gasteiger partial charge on any atom is -0.487 e. The molecule has 0 atom stereocenters. The van der Waals surface area contributed by atoms with Crippen molar-refractivity contribution in [2.75, 3.05) is 6.61 Å². The van der Waals surface area contributed by atoms with E-state index in [4.69, 9.17) is 9.84 Å². The maximum absolute atomic E-state index is 12.0. The van der Waals surface area contributed by atoms with Crippen LogP contribution in [0, 0.1) is 0 Å². The molecule has 1 N–H and O–H groups in total. The van der Waals surface area contributed by atoms with Crippen LogP contribution in [0.3, 0.4) is 0 Å². The van der Waals surface area contributed by atoms with Crippen molar-refractivity contribution >= 4 is 5.97 Å². The SMILES string of the molecule is CC(C)c1ccc(C(=O)O)c(OCC(F)F)c1. The maximum atomic E-state index is 12.0. The zero-order valence-electron chi connectivity index (χ0n) is 9.61. The molecule has 0 spiro atoms. The first-order chi connectivity index (χ1) is 7.91. The van der Waals surface area contributed by atoms with Crippen molar-refractivity contribution in [1.29, 1.82) is 0 Å². The molecule has 0 aromatic heterocycles. The van der Waals surface area contributed by atoms with Crippen molar-refractivity contribution in [3.8, 4) is 5.75 Å². The molecule has 0 aliphatic heterocycles. The van der Waals surface area contributed by atoms with Crippen LogP contribution in [0.25, 0.3) is 0 Å². The van der Waals surface area contributed by atoms with E-state index in [0.717, 1.165) is 5.56 Å². The third kappa shape index (κ3) is 3.69.